The van der Waals surface area contributed by atoms with E-state index >= 15 is 0 Å². The molecular weight excluding hydrogens is 204 g/mol. The van der Waals surface area contributed by atoms with E-state index in [1.54, 1.807) is 37.4 Å². The molecule has 2 rings (SSSR count). The summed E-state index contributed by atoms with van der Waals surface area (Å²) in [4.78, 5) is 11.5. The van der Waals surface area contributed by atoms with E-state index in [0.29, 0.717) is 5.69 Å². The van der Waals surface area contributed by atoms with Gasteiger partial charge < -0.3 is 15.4 Å². The SMILES string of the molecule is Cn1c(-c2ccc(O)cc2)cc(N)cc1=O. The van der Waals surface area contributed by atoms with Gasteiger partial charge in [-0.1, -0.05) is 0 Å². The van der Waals surface area contributed by atoms with Gasteiger partial charge in [0.1, 0.15) is 5.75 Å². The van der Waals surface area contributed by atoms with E-state index in [1.807, 2.05) is 0 Å². The molecule has 0 atom stereocenters. The van der Waals surface area contributed by atoms with Crippen LogP contribution in [0.2, 0.25) is 0 Å². The summed E-state index contributed by atoms with van der Waals surface area (Å²) in [6.45, 7) is 0. The van der Waals surface area contributed by atoms with Crippen LogP contribution in [0.25, 0.3) is 11.3 Å². The van der Waals surface area contributed by atoms with Crippen molar-refractivity contribution in [2.75, 3.05) is 5.73 Å². The number of rotatable bonds is 1. The van der Waals surface area contributed by atoms with Crippen LogP contribution in [-0.4, -0.2) is 9.67 Å². The van der Waals surface area contributed by atoms with E-state index in [9.17, 15) is 9.90 Å². The Morgan fingerprint density at radius 1 is 1.19 bits per heavy atom. The Labute approximate surface area is 92.6 Å². The van der Waals surface area contributed by atoms with Crippen LogP contribution in [0.4, 0.5) is 5.69 Å². The fourth-order valence-corrected chi connectivity index (χ4v) is 1.56. The van der Waals surface area contributed by atoms with Gasteiger partial charge in [-0.3, -0.25) is 4.79 Å². The van der Waals surface area contributed by atoms with Gasteiger partial charge in [-0.2, -0.15) is 0 Å². The van der Waals surface area contributed by atoms with Gasteiger partial charge in [0.05, 0.1) is 5.69 Å². The van der Waals surface area contributed by atoms with E-state index in [0.717, 1.165) is 11.3 Å². The standard InChI is InChI=1S/C12H12N2O2/c1-14-11(6-9(13)7-12(14)16)8-2-4-10(15)5-3-8/h2-7,15H,13H2,1H3. The number of hydrogen-bond donors (Lipinski definition) is 2. The van der Waals surface area contributed by atoms with Crippen LogP contribution >= 0.6 is 0 Å². The lowest BCUT2D eigenvalue weighted by atomic mass is 10.1. The molecule has 4 nitrogen and oxygen atoms in total. The lowest BCUT2D eigenvalue weighted by molar-refractivity contribution is 0.475. The molecule has 0 aliphatic carbocycles. The van der Waals surface area contributed by atoms with Crippen molar-refractivity contribution in [1.82, 2.24) is 4.57 Å². The summed E-state index contributed by atoms with van der Waals surface area (Å²) in [5.41, 5.74) is 7.48. The maximum atomic E-state index is 11.5. The van der Waals surface area contributed by atoms with Crippen molar-refractivity contribution in [3.8, 4) is 17.0 Å². The molecule has 0 amide bonds. The first-order chi connectivity index (χ1) is 7.58. The molecule has 0 fully saturated rings. The Bertz CT molecular complexity index is 571. The fourth-order valence-electron chi connectivity index (χ4n) is 1.56. The lowest BCUT2D eigenvalue weighted by Gasteiger charge is -2.09. The smallest absolute Gasteiger partial charge is 0.252 e. The molecule has 16 heavy (non-hydrogen) atoms. The van der Waals surface area contributed by atoms with Crippen LogP contribution < -0.4 is 11.3 Å². The molecule has 0 spiro atoms. The molecule has 1 aromatic heterocycles. The third-order valence-corrected chi connectivity index (χ3v) is 2.45. The van der Waals surface area contributed by atoms with Crippen molar-refractivity contribution in [2.45, 2.75) is 0 Å². The fraction of sp³-hybridized carbons (Fsp3) is 0.0833. The van der Waals surface area contributed by atoms with Crippen LogP contribution in [0.5, 0.6) is 5.75 Å². The Kier molecular flexibility index (Phi) is 2.40. The van der Waals surface area contributed by atoms with Crippen molar-refractivity contribution < 1.29 is 5.11 Å². The molecule has 0 saturated carbocycles. The van der Waals surface area contributed by atoms with Gasteiger partial charge in [0, 0.05) is 18.8 Å². The largest absolute Gasteiger partial charge is 0.508 e. The average molecular weight is 216 g/mol. The number of phenols is 1. The molecule has 0 radical (unpaired) electrons. The van der Waals surface area contributed by atoms with Crippen LogP contribution in [-0.2, 0) is 7.05 Å². The monoisotopic (exact) mass is 216 g/mol. The number of aromatic hydroxyl groups is 1. The molecule has 0 aliphatic heterocycles. The number of nitrogens with two attached hydrogens (primary N) is 1. The zero-order valence-electron chi connectivity index (χ0n) is 8.84. The minimum atomic E-state index is -0.150. The van der Waals surface area contributed by atoms with Crippen molar-refractivity contribution in [2.24, 2.45) is 7.05 Å². The summed E-state index contributed by atoms with van der Waals surface area (Å²) in [7, 11) is 1.68. The normalized spacial score (nSPS) is 10.3. The molecular formula is C12H12N2O2. The predicted octanol–water partition coefficient (Wildman–Crippen LogP) is 1.34. The van der Waals surface area contributed by atoms with E-state index in [1.165, 1.54) is 10.6 Å². The third-order valence-electron chi connectivity index (χ3n) is 2.45. The number of pyridine rings is 1. The first-order valence-electron chi connectivity index (χ1n) is 4.84. The topological polar surface area (TPSA) is 68.2 Å². The number of anilines is 1. The summed E-state index contributed by atoms with van der Waals surface area (Å²) in [6, 6.07) is 9.73. The molecule has 0 unspecified atom stereocenters. The van der Waals surface area contributed by atoms with E-state index < -0.39 is 0 Å². The molecule has 2 aromatic rings. The van der Waals surface area contributed by atoms with Gasteiger partial charge in [0.25, 0.3) is 5.56 Å². The Hall–Kier alpha value is -2.23. The van der Waals surface area contributed by atoms with E-state index in [2.05, 4.69) is 0 Å². The summed E-state index contributed by atoms with van der Waals surface area (Å²) < 4.78 is 1.52. The lowest BCUT2D eigenvalue weighted by Crippen LogP contribution is -2.17. The van der Waals surface area contributed by atoms with Gasteiger partial charge in [-0.15, -0.1) is 0 Å². The summed E-state index contributed by atoms with van der Waals surface area (Å²) in [5.74, 6) is 0.192. The second-order valence-corrected chi connectivity index (χ2v) is 3.62. The molecule has 0 saturated heterocycles. The van der Waals surface area contributed by atoms with Crippen molar-refractivity contribution >= 4 is 5.69 Å². The predicted molar refractivity (Wildman–Crippen MR) is 63.2 cm³/mol. The molecule has 82 valence electrons. The maximum absolute atomic E-state index is 11.5. The quantitative estimate of drug-likeness (QED) is 0.755. The minimum Gasteiger partial charge on any atom is -0.508 e. The van der Waals surface area contributed by atoms with Crippen molar-refractivity contribution in [3.05, 3.63) is 46.8 Å². The van der Waals surface area contributed by atoms with Crippen molar-refractivity contribution in [1.29, 1.82) is 0 Å². The highest BCUT2D eigenvalue weighted by Gasteiger charge is 2.04. The molecule has 3 N–H and O–H groups in total. The molecule has 1 aromatic carbocycles. The number of benzene rings is 1. The highest BCUT2D eigenvalue weighted by atomic mass is 16.3. The van der Waals surface area contributed by atoms with Crippen LogP contribution in [0, 0.1) is 0 Å². The van der Waals surface area contributed by atoms with E-state index in [4.69, 9.17) is 5.73 Å². The highest BCUT2D eigenvalue weighted by molar-refractivity contribution is 5.64. The van der Waals surface area contributed by atoms with Gasteiger partial charge in [-0.25, -0.2) is 0 Å². The maximum Gasteiger partial charge on any atom is 0.252 e. The van der Waals surface area contributed by atoms with Crippen LogP contribution in [0.15, 0.2) is 41.2 Å². The third kappa shape index (κ3) is 1.77. The van der Waals surface area contributed by atoms with Crippen molar-refractivity contribution in [3.63, 3.8) is 0 Å². The first kappa shape index (κ1) is 10.3. The van der Waals surface area contributed by atoms with Crippen LogP contribution in [0.1, 0.15) is 0 Å². The van der Waals surface area contributed by atoms with Crippen LogP contribution in [0.3, 0.4) is 0 Å². The molecule has 0 bridgehead atoms. The van der Waals surface area contributed by atoms with E-state index in [-0.39, 0.29) is 11.3 Å². The average Bonchev–Trinajstić information content (AvgIpc) is 2.25. The molecule has 4 heteroatoms. The Balaban J connectivity index is 2.64. The zero-order chi connectivity index (χ0) is 11.7. The highest BCUT2D eigenvalue weighted by Crippen LogP contribution is 2.21. The molecule has 0 aliphatic rings. The van der Waals surface area contributed by atoms with Gasteiger partial charge in [-0.05, 0) is 35.9 Å². The second kappa shape index (κ2) is 3.73. The number of phenolic OH excluding ortho intramolecular Hbond substituents is 1. The Morgan fingerprint density at radius 3 is 2.44 bits per heavy atom. The minimum absolute atomic E-state index is 0.150. The Morgan fingerprint density at radius 2 is 1.81 bits per heavy atom. The van der Waals surface area contributed by atoms with Gasteiger partial charge >= 0.3 is 0 Å². The summed E-state index contributed by atoms with van der Waals surface area (Å²) in [5, 5.41) is 9.19. The summed E-state index contributed by atoms with van der Waals surface area (Å²) >= 11 is 0. The van der Waals surface area contributed by atoms with Gasteiger partial charge in [0.15, 0.2) is 0 Å². The summed E-state index contributed by atoms with van der Waals surface area (Å²) in [6.07, 6.45) is 0. The number of nitrogens with zero attached hydrogens (tertiary/aromatic N) is 1. The number of aromatic nitrogens is 1. The zero-order valence-corrected chi connectivity index (χ0v) is 8.84. The second-order valence-electron chi connectivity index (χ2n) is 3.62. The number of hydrogen-bond acceptors (Lipinski definition) is 3. The first-order valence-corrected chi connectivity index (χ1v) is 4.84. The molecule has 1 heterocycles. The van der Waals surface area contributed by atoms with Gasteiger partial charge in [0.2, 0.25) is 0 Å². The number of nitrogen functional groups attached to an aromatic ring is 1.